The lowest BCUT2D eigenvalue weighted by Gasteiger charge is -2.38. The largest absolute Gasteiger partial charge is 0.481 e. The van der Waals surface area contributed by atoms with Gasteiger partial charge in [-0.3, -0.25) is 4.79 Å². The summed E-state index contributed by atoms with van der Waals surface area (Å²) < 4.78 is 23.2. The Bertz CT molecular complexity index is 746. The molecule has 1 fully saturated rings. The van der Waals surface area contributed by atoms with E-state index in [2.05, 4.69) is 5.32 Å². The van der Waals surface area contributed by atoms with Gasteiger partial charge in [0, 0.05) is 25.6 Å². The van der Waals surface area contributed by atoms with E-state index < -0.39 is 20.6 Å². The minimum Gasteiger partial charge on any atom is -0.481 e. The molecule has 26 heavy (non-hydrogen) atoms. The summed E-state index contributed by atoms with van der Waals surface area (Å²) >= 11 is 0. The number of sulfone groups is 1. The first-order valence-electron chi connectivity index (χ1n) is 8.64. The number of hydrogen-bond donors (Lipinski definition) is 2. The van der Waals surface area contributed by atoms with Crippen molar-refractivity contribution in [1.29, 1.82) is 0 Å². The topological polar surface area (TPSA) is 104 Å². The lowest BCUT2D eigenvalue weighted by molar-refractivity contribution is -0.137. The van der Waals surface area contributed by atoms with Gasteiger partial charge in [0.2, 0.25) is 0 Å². The monoisotopic (exact) mass is 382 g/mol. The van der Waals surface area contributed by atoms with Crippen LogP contribution in [-0.4, -0.2) is 60.1 Å². The summed E-state index contributed by atoms with van der Waals surface area (Å²) in [6.07, 6.45) is 0.790. The van der Waals surface area contributed by atoms with Crippen LogP contribution in [0.15, 0.2) is 30.3 Å². The maximum atomic E-state index is 12.6. The molecule has 1 atom stereocenters. The van der Waals surface area contributed by atoms with Crippen molar-refractivity contribution in [2.75, 3.05) is 18.8 Å². The summed E-state index contributed by atoms with van der Waals surface area (Å²) in [5, 5.41) is 11.8. The van der Waals surface area contributed by atoms with Crippen molar-refractivity contribution < 1.29 is 23.1 Å². The van der Waals surface area contributed by atoms with E-state index in [1.165, 1.54) is 4.90 Å². The molecule has 0 spiro atoms. The van der Waals surface area contributed by atoms with Gasteiger partial charge in [-0.1, -0.05) is 30.3 Å². The average Bonchev–Trinajstić information content (AvgIpc) is 2.56. The van der Waals surface area contributed by atoms with Crippen LogP contribution in [0.1, 0.15) is 32.3 Å². The van der Waals surface area contributed by atoms with Gasteiger partial charge in [-0.05, 0) is 32.3 Å². The Hall–Kier alpha value is -2.09. The van der Waals surface area contributed by atoms with E-state index in [1.807, 2.05) is 30.3 Å². The molecule has 2 N–H and O–H groups in total. The zero-order valence-corrected chi connectivity index (χ0v) is 16.0. The first kappa shape index (κ1) is 20.2. The second-order valence-corrected chi connectivity index (χ2v) is 10.0. The number of aliphatic carboxylic acids is 1. The lowest BCUT2D eigenvalue weighted by atomic mass is 10.0. The maximum Gasteiger partial charge on any atom is 0.317 e. The highest BCUT2D eigenvalue weighted by atomic mass is 32.2. The number of carboxylic acids is 1. The number of carbonyl (C=O) groups is 2. The number of nitrogens with zero attached hydrogens (tertiary/aromatic N) is 1. The standard InChI is InChI=1S/C18H26N2O5S/c1-18(2)13-20(10-11-26(18,24)25)17(23)19-15(8-9-16(21)22)12-14-6-4-3-5-7-14/h3-7,15H,8-13H2,1-2H3,(H,19,23)(H,21,22). The van der Waals surface area contributed by atoms with Gasteiger partial charge in [-0.15, -0.1) is 0 Å². The molecule has 2 amide bonds. The Morgan fingerprint density at radius 2 is 1.92 bits per heavy atom. The van der Waals surface area contributed by atoms with Gasteiger partial charge in [-0.2, -0.15) is 0 Å². The number of hydrogen-bond acceptors (Lipinski definition) is 4. The quantitative estimate of drug-likeness (QED) is 0.779. The molecule has 1 aromatic rings. The van der Waals surface area contributed by atoms with Crippen molar-refractivity contribution in [3.05, 3.63) is 35.9 Å². The Morgan fingerprint density at radius 3 is 2.50 bits per heavy atom. The van der Waals surface area contributed by atoms with E-state index >= 15 is 0 Å². The van der Waals surface area contributed by atoms with E-state index in [0.29, 0.717) is 12.8 Å². The number of amides is 2. The molecule has 0 aromatic heterocycles. The number of carboxylic acid groups (broad SMARTS) is 1. The zero-order chi connectivity index (χ0) is 19.4. The summed E-state index contributed by atoms with van der Waals surface area (Å²) in [5.74, 6) is -0.978. The number of urea groups is 1. The van der Waals surface area contributed by atoms with Gasteiger partial charge < -0.3 is 15.3 Å². The molecule has 0 saturated carbocycles. The molecule has 0 radical (unpaired) electrons. The van der Waals surface area contributed by atoms with Crippen LogP contribution >= 0.6 is 0 Å². The van der Waals surface area contributed by atoms with Crippen molar-refractivity contribution in [2.24, 2.45) is 0 Å². The minimum absolute atomic E-state index is 0.0440. The summed E-state index contributed by atoms with van der Waals surface area (Å²) in [5.41, 5.74) is 1.00. The van der Waals surface area contributed by atoms with Crippen LogP contribution in [0.5, 0.6) is 0 Å². The Morgan fingerprint density at radius 1 is 1.27 bits per heavy atom. The summed E-state index contributed by atoms with van der Waals surface area (Å²) in [6, 6.07) is 8.85. The third-order valence-electron chi connectivity index (χ3n) is 4.69. The Labute approximate surface area is 154 Å². The molecule has 2 rings (SSSR count). The fourth-order valence-electron chi connectivity index (χ4n) is 3.00. The summed E-state index contributed by atoms with van der Waals surface area (Å²) in [4.78, 5) is 25.0. The first-order valence-corrected chi connectivity index (χ1v) is 10.3. The van der Waals surface area contributed by atoms with Crippen LogP contribution in [0, 0.1) is 0 Å². The number of benzene rings is 1. The molecule has 8 heteroatoms. The molecular weight excluding hydrogens is 356 g/mol. The molecule has 144 valence electrons. The molecule has 1 unspecified atom stereocenters. The third-order valence-corrected chi connectivity index (χ3v) is 7.22. The van der Waals surface area contributed by atoms with Crippen LogP contribution in [0.25, 0.3) is 0 Å². The van der Waals surface area contributed by atoms with Crippen molar-refractivity contribution in [3.63, 3.8) is 0 Å². The Kier molecular flexibility index (Phi) is 6.28. The first-order chi connectivity index (χ1) is 12.1. The second kappa shape index (κ2) is 8.07. The van der Waals surface area contributed by atoms with Gasteiger partial charge in [0.25, 0.3) is 0 Å². The average molecular weight is 382 g/mol. The highest BCUT2D eigenvalue weighted by Gasteiger charge is 2.41. The summed E-state index contributed by atoms with van der Waals surface area (Å²) in [7, 11) is -3.23. The van der Waals surface area contributed by atoms with Crippen LogP contribution in [0.4, 0.5) is 4.79 Å². The molecule has 1 aliphatic rings. The third kappa shape index (κ3) is 5.20. The highest BCUT2D eigenvalue weighted by Crippen LogP contribution is 2.23. The van der Waals surface area contributed by atoms with Crippen molar-refractivity contribution in [1.82, 2.24) is 10.2 Å². The zero-order valence-electron chi connectivity index (χ0n) is 15.1. The SMILES string of the molecule is CC1(C)CN(C(=O)NC(CCC(=O)O)Cc2ccccc2)CCS1(=O)=O. The Balaban J connectivity index is 2.04. The molecule has 1 aliphatic heterocycles. The maximum absolute atomic E-state index is 12.6. The molecule has 7 nitrogen and oxygen atoms in total. The van der Waals surface area contributed by atoms with Crippen LogP contribution < -0.4 is 5.32 Å². The molecule has 1 heterocycles. The van der Waals surface area contributed by atoms with Gasteiger partial charge in [-0.25, -0.2) is 13.2 Å². The lowest BCUT2D eigenvalue weighted by Crippen LogP contribution is -2.58. The normalized spacial score (nSPS) is 19.5. The van der Waals surface area contributed by atoms with E-state index in [-0.39, 0.29) is 37.3 Å². The fourth-order valence-corrected chi connectivity index (χ4v) is 4.37. The van der Waals surface area contributed by atoms with E-state index in [4.69, 9.17) is 5.11 Å². The highest BCUT2D eigenvalue weighted by molar-refractivity contribution is 7.92. The predicted molar refractivity (Wildman–Crippen MR) is 98.8 cm³/mol. The van der Waals surface area contributed by atoms with Gasteiger partial charge >= 0.3 is 12.0 Å². The minimum atomic E-state index is -3.23. The van der Waals surface area contributed by atoms with Gasteiger partial charge in [0.1, 0.15) is 0 Å². The van der Waals surface area contributed by atoms with Gasteiger partial charge in [0.05, 0.1) is 10.5 Å². The number of carbonyl (C=O) groups excluding carboxylic acids is 1. The molecule has 1 saturated heterocycles. The van der Waals surface area contributed by atoms with Crippen molar-refractivity contribution in [3.8, 4) is 0 Å². The smallest absolute Gasteiger partial charge is 0.317 e. The van der Waals surface area contributed by atoms with Crippen LogP contribution in [0.3, 0.4) is 0 Å². The molecule has 1 aromatic carbocycles. The van der Waals surface area contributed by atoms with Gasteiger partial charge in [0.15, 0.2) is 9.84 Å². The molecule has 0 aliphatic carbocycles. The summed E-state index contributed by atoms with van der Waals surface area (Å²) in [6.45, 7) is 3.51. The van der Waals surface area contributed by atoms with Crippen molar-refractivity contribution in [2.45, 2.75) is 43.9 Å². The molecule has 0 bridgehead atoms. The van der Waals surface area contributed by atoms with E-state index in [0.717, 1.165) is 5.56 Å². The van der Waals surface area contributed by atoms with E-state index in [1.54, 1.807) is 13.8 Å². The number of nitrogens with one attached hydrogen (secondary N) is 1. The van der Waals surface area contributed by atoms with Crippen LogP contribution in [-0.2, 0) is 21.1 Å². The molecular formula is C18H26N2O5S. The fraction of sp³-hybridized carbons (Fsp3) is 0.556. The van der Waals surface area contributed by atoms with Crippen molar-refractivity contribution >= 4 is 21.8 Å². The predicted octanol–water partition coefficient (Wildman–Crippen LogP) is 1.68. The second-order valence-electron chi connectivity index (χ2n) is 7.27. The van der Waals surface area contributed by atoms with Crippen LogP contribution in [0.2, 0.25) is 0 Å². The van der Waals surface area contributed by atoms with E-state index in [9.17, 15) is 18.0 Å². The number of rotatable bonds is 6.